The highest BCUT2D eigenvalue weighted by atomic mass is 17.2. The molecular formula is C31H46O4. The minimum absolute atomic E-state index is 0.240. The van der Waals surface area contributed by atoms with Crippen molar-refractivity contribution in [3.8, 4) is 0 Å². The van der Waals surface area contributed by atoms with Crippen molar-refractivity contribution in [3.63, 3.8) is 0 Å². The molecule has 1 aromatic rings. The van der Waals surface area contributed by atoms with E-state index in [-0.39, 0.29) is 30.2 Å². The Labute approximate surface area is 213 Å². The van der Waals surface area contributed by atoms with Gasteiger partial charge in [-0.05, 0) is 96.5 Å². The lowest BCUT2D eigenvalue weighted by molar-refractivity contribution is -0.411. The first-order valence-electron chi connectivity index (χ1n) is 13.5. The first-order valence-corrected chi connectivity index (χ1v) is 13.5. The Bertz CT molecular complexity index is 888. The van der Waals surface area contributed by atoms with Gasteiger partial charge in [-0.25, -0.2) is 9.78 Å². The van der Waals surface area contributed by atoms with Crippen molar-refractivity contribution < 1.29 is 19.3 Å². The van der Waals surface area contributed by atoms with Crippen LogP contribution in [0.2, 0.25) is 0 Å². The molecule has 1 aromatic carbocycles. The van der Waals surface area contributed by atoms with Gasteiger partial charge >= 0.3 is 5.97 Å². The van der Waals surface area contributed by atoms with Gasteiger partial charge in [0.05, 0.1) is 5.92 Å². The Morgan fingerprint density at radius 3 is 2.60 bits per heavy atom. The van der Waals surface area contributed by atoms with Gasteiger partial charge in [0, 0.05) is 0 Å². The van der Waals surface area contributed by atoms with E-state index < -0.39 is 0 Å². The van der Waals surface area contributed by atoms with Crippen molar-refractivity contribution in [3.05, 3.63) is 58.7 Å². The van der Waals surface area contributed by atoms with Crippen LogP contribution in [0.15, 0.2) is 53.1 Å². The molecule has 0 amide bonds. The molecule has 35 heavy (non-hydrogen) atoms. The molecule has 3 rings (SSSR count). The largest absolute Gasteiger partial charge is 0.461 e. The highest BCUT2D eigenvalue weighted by Crippen LogP contribution is 2.42. The quantitative estimate of drug-likeness (QED) is 0.191. The number of benzene rings is 1. The monoisotopic (exact) mass is 482 g/mol. The summed E-state index contributed by atoms with van der Waals surface area (Å²) in [6, 6.07) is 9.74. The van der Waals surface area contributed by atoms with Crippen LogP contribution in [-0.4, -0.2) is 17.7 Å². The number of hydrogen-bond donors (Lipinski definition) is 0. The summed E-state index contributed by atoms with van der Waals surface area (Å²) in [5, 5.41) is 0. The first-order chi connectivity index (χ1) is 16.6. The van der Waals surface area contributed by atoms with Crippen molar-refractivity contribution in [2.75, 3.05) is 0 Å². The molecule has 0 spiro atoms. The summed E-state index contributed by atoms with van der Waals surface area (Å²) in [4.78, 5) is 24.1. The van der Waals surface area contributed by atoms with E-state index in [9.17, 15) is 4.79 Å². The third kappa shape index (κ3) is 8.05. The Balaban J connectivity index is 1.39. The summed E-state index contributed by atoms with van der Waals surface area (Å²) in [6.07, 6.45) is 11.9. The molecule has 4 nitrogen and oxygen atoms in total. The van der Waals surface area contributed by atoms with Crippen LogP contribution in [0.4, 0.5) is 0 Å². The summed E-state index contributed by atoms with van der Waals surface area (Å²) < 4.78 is 5.49. The number of rotatable bonds is 10. The Hall–Kier alpha value is -1.91. The van der Waals surface area contributed by atoms with Gasteiger partial charge in [-0.15, -0.1) is 0 Å². The summed E-state index contributed by atoms with van der Waals surface area (Å²) >= 11 is 0. The molecule has 2 aliphatic rings. The molecule has 1 aliphatic heterocycles. The molecule has 0 bridgehead atoms. The lowest BCUT2D eigenvalue weighted by atomic mass is 9.71. The summed E-state index contributed by atoms with van der Waals surface area (Å²) in [7, 11) is 0. The molecule has 0 unspecified atom stereocenters. The molecule has 1 fully saturated rings. The molecule has 1 saturated heterocycles. The van der Waals surface area contributed by atoms with Gasteiger partial charge in [-0.2, -0.15) is 0 Å². The highest BCUT2D eigenvalue weighted by molar-refractivity contribution is 5.72. The van der Waals surface area contributed by atoms with Crippen molar-refractivity contribution in [1.29, 1.82) is 0 Å². The van der Waals surface area contributed by atoms with Gasteiger partial charge in [-0.1, -0.05) is 67.0 Å². The molecule has 0 saturated carbocycles. The third-order valence-electron chi connectivity index (χ3n) is 8.10. The van der Waals surface area contributed by atoms with Gasteiger partial charge in [0.1, 0.15) is 18.3 Å². The summed E-state index contributed by atoms with van der Waals surface area (Å²) in [5.74, 6) is -0.594. The van der Waals surface area contributed by atoms with E-state index in [1.165, 1.54) is 31.3 Å². The van der Waals surface area contributed by atoms with E-state index in [1.807, 2.05) is 37.3 Å². The minimum atomic E-state index is -0.354. The fraction of sp³-hybridized carbons (Fsp3) is 0.645. The number of carbonyl (C=O) groups excluding carboxylic acids is 1. The van der Waals surface area contributed by atoms with Gasteiger partial charge in [0.2, 0.25) is 0 Å². The van der Waals surface area contributed by atoms with Gasteiger partial charge in [-0.3, -0.25) is 4.79 Å². The fourth-order valence-electron chi connectivity index (χ4n) is 5.50. The van der Waals surface area contributed by atoms with E-state index in [0.29, 0.717) is 5.41 Å². The van der Waals surface area contributed by atoms with Crippen molar-refractivity contribution in [1.82, 2.24) is 0 Å². The second-order valence-corrected chi connectivity index (χ2v) is 11.7. The van der Waals surface area contributed by atoms with Crippen LogP contribution in [-0.2, 0) is 25.9 Å². The van der Waals surface area contributed by atoms with Crippen molar-refractivity contribution in [2.45, 2.75) is 118 Å². The van der Waals surface area contributed by atoms with Crippen LogP contribution < -0.4 is 0 Å². The fourth-order valence-corrected chi connectivity index (χ4v) is 5.50. The summed E-state index contributed by atoms with van der Waals surface area (Å²) in [5.41, 5.74) is 5.77. The van der Waals surface area contributed by atoms with Gasteiger partial charge in [0.25, 0.3) is 0 Å². The maximum Gasteiger partial charge on any atom is 0.311 e. The molecule has 1 aliphatic carbocycles. The van der Waals surface area contributed by atoms with Gasteiger partial charge < -0.3 is 4.74 Å². The standard InChI is InChI=1S/C31H46O4/c1-23(16-17-27-24(2)13-11-19-30(27,4)5)12-10-20-31(6)21-18-28(34-35-31)25(3)29(32)33-22-26-14-8-7-9-15-26/h7-9,12,14-15,25,28H,10-11,13,16-22H2,1-6H3/b23-12+/t25-,28-,31+/m0/s1. The molecule has 0 aromatic heterocycles. The number of allylic oxidation sites excluding steroid dienone is 4. The average molecular weight is 483 g/mol. The third-order valence-corrected chi connectivity index (χ3v) is 8.10. The van der Waals surface area contributed by atoms with Crippen LogP contribution in [0.5, 0.6) is 0 Å². The Morgan fingerprint density at radius 1 is 1.20 bits per heavy atom. The molecule has 0 radical (unpaired) electrons. The molecule has 0 N–H and O–H groups in total. The molecular weight excluding hydrogens is 436 g/mol. The van der Waals surface area contributed by atoms with E-state index in [2.05, 4.69) is 40.7 Å². The highest BCUT2D eigenvalue weighted by Gasteiger charge is 2.38. The normalized spacial score (nSPS) is 25.9. The van der Waals surface area contributed by atoms with Gasteiger partial charge in [0.15, 0.2) is 0 Å². The van der Waals surface area contributed by atoms with E-state index >= 15 is 0 Å². The lowest BCUT2D eigenvalue weighted by Gasteiger charge is -2.37. The number of carbonyl (C=O) groups is 1. The Kier molecular flexibility index (Phi) is 9.77. The van der Waals surface area contributed by atoms with Crippen LogP contribution in [0, 0.1) is 11.3 Å². The predicted molar refractivity (Wildman–Crippen MR) is 142 cm³/mol. The zero-order valence-electron chi connectivity index (χ0n) is 22.8. The SMILES string of the molecule is CC1=C(CC/C(C)=C/CC[C@]2(C)CC[C@@H]([C@H](C)C(=O)OCc3ccccc3)OO2)C(C)(C)CCC1. The second-order valence-electron chi connectivity index (χ2n) is 11.7. The zero-order chi connectivity index (χ0) is 25.5. The van der Waals surface area contributed by atoms with E-state index in [1.54, 1.807) is 11.1 Å². The number of hydrogen-bond acceptors (Lipinski definition) is 4. The van der Waals surface area contributed by atoms with Crippen LogP contribution in [0.1, 0.15) is 105 Å². The number of ether oxygens (including phenoxy) is 1. The van der Waals surface area contributed by atoms with E-state index in [0.717, 1.165) is 37.7 Å². The number of esters is 1. The zero-order valence-corrected chi connectivity index (χ0v) is 22.8. The smallest absolute Gasteiger partial charge is 0.311 e. The molecule has 4 heteroatoms. The summed E-state index contributed by atoms with van der Waals surface area (Å²) in [6.45, 7) is 13.7. The van der Waals surface area contributed by atoms with Crippen molar-refractivity contribution >= 4 is 5.97 Å². The maximum absolute atomic E-state index is 12.5. The van der Waals surface area contributed by atoms with Crippen molar-refractivity contribution in [2.24, 2.45) is 11.3 Å². The molecule has 3 atom stereocenters. The predicted octanol–water partition coefficient (Wildman–Crippen LogP) is 8.27. The first kappa shape index (κ1) is 27.7. The van der Waals surface area contributed by atoms with Crippen LogP contribution in [0.3, 0.4) is 0 Å². The Morgan fingerprint density at radius 2 is 1.94 bits per heavy atom. The lowest BCUT2D eigenvalue weighted by Crippen LogP contribution is -2.41. The van der Waals surface area contributed by atoms with Crippen LogP contribution >= 0.6 is 0 Å². The molecule has 194 valence electrons. The maximum atomic E-state index is 12.5. The second kappa shape index (κ2) is 12.4. The minimum Gasteiger partial charge on any atom is -0.461 e. The van der Waals surface area contributed by atoms with Crippen LogP contribution in [0.25, 0.3) is 0 Å². The molecule has 1 heterocycles. The van der Waals surface area contributed by atoms with E-state index in [4.69, 9.17) is 14.5 Å². The average Bonchev–Trinajstić information content (AvgIpc) is 2.82. The topological polar surface area (TPSA) is 44.8 Å².